The molecular weight excluding hydrogens is 246 g/mol. The van der Waals surface area contributed by atoms with E-state index >= 15 is 0 Å². The van der Waals surface area contributed by atoms with Gasteiger partial charge < -0.3 is 4.74 Å². The number of ether oxygens (including phenoxy) is 1. The maximum Gasteiger partial charge on any atom is 0.297 e. The number of rotatable bonds is 3. The summed E-state index contributed by atoms with van der Waals surface area (Å²) in [5.41, 5.74) is -0.351. The summed E-state index contributed by atoms with van der Waals surface area (Å²) in [6.07, 6.45) is 2.77. The van der Waals surface area contributed by atoms with E-state index in [1.165, 1.54) is 24.3 Å². The van der Waals surface area contributed by atoms with Crippen molar-refractivity contribution in [2.45, 2.75) is 6.54 Å². The summed E-state index contributed by atoms with van der Waals surface area (Å²) in [5.74, 6) is 0.662. The Morgan fingerprint density at radius 3 is 2.82 bits per heavy atom. The highest BCUT2D eigenvalue weighted by Gasteiger charge is 2.11. The predicted molar refractivity (Wildman–Crippen MR) is 60.2 cm³/mol. The van der Waals surface area contributed by atoms with Gasteiger partial charge in [0.25, 0.3) is 5.56 Å². The Bertz CT molecular complexity index is 591. The summed E-state index contributed by atoms with van der Waals surface area (Å²) in [7, 11) is 3.12. The van der Waals surface area contributed by atoms with E-state index in [0.29, 0.717) is 5.82 Å². The molecule has 0 N–H and O–H groups in total. The van der Waals surface area contributed by atoms with Gasteiger partial charge in [0, 0.05) is 7.05 Å². The Kier molecular flexibility index (Phi) is 3.10. The van der Waals surface area contributed by atoms with Gasteiger partial charge in [-0.1, -0.05) is 11.6 Å². The van der Waals surface area contributed by atoms with Crippen LogP contribution in [0.2, 0.25) is 5.15 Å². The molecule has 0 fully saturated rings. The van der Waals surface area contributed by atoms with Crippen LogP contribution in [0.3, 0.4) is 0 Å². The minimum atomic E-state index is -0.351. The lowest BCUT2D eigenvalue weighted by Gasteiger charge is -2.07. The second-order valence-electron chi connectivity index (χ2n) is 3.30. The van der Waals surface area contributed by atoms with Crippen LogP contribution in [-0.4, -0.2) is 31.4 Å². The maximum absolute atomic E-state index is 11.9. The molecule has 0 aliphatic heterocycles. The highest BCUT2D eigenvalue weighted by atomic mass is 35.5. The molecule has 0 spiro atoms. The largest absolute Gasteiger partial charge is 0.489 e. The second kappa shape index (κ2) is 4.54. The fourth-order valence-corrected chi connectivity index (χ4v) is 1.55. The lowest BCUT2D eigenvalue weighted by molar-refractivity contribution is 0.400. The van der Waals surface area contributed by atoms with Crippen LogP contribution >= 0.6 is 11.6 Å². The molecule has 2 aromatic rings. The highest BCUT2D eigenvalue weighted by Crippen LogP contribution is 2.14. The fourth-order valence-electron chi connectivity index (χ4n) is 1.35. The van der Waals surface area contributed by atoms with Crippen molar-refractivity contribution in [3.63, 3.8) is 0 Å². The Morgan fingerprint density at radius 1 is 1.47 bits per heavy atom. The number of hydrogen-bond acceptors (Lipinski definition) is 5. The van der Waals surface area contributed by atoms with Gasteiger partial charge in [-0.15, -0.1) is 0 Å². The van der Waals surface area contributed by atoms with Crippen molar-refractivity contribution < 1.29 is 4.74 Å². The average Bonchev–Trinajstić information content (AvgIpc) is 2.69. The third-order valence-electron chi connectivity index (χ3n) is 2.27. The standard InChI is InChI=1S/C9H10ClN5O2/c1-14-6(11-4-13-14)3-15-5-12-8(10)7(17-2)9(15)16/h4-5H,3H2,1-2H3. The summed E-state index contributed by atoms with van der Waals surface area (Å²) < 4.78 is 7.83. The number of aromatic nitrogens is 5. The van der Waals surface area contributed by atoms with Crippen LogP contribution < -0.4 is 10.3 Å². The van der Waals surface area contributed by atoms with Gasteiger partial charge in [0.2, 0.25) is 5.75 Å². The number of hydrogen-bond donors (Lipinski definition) is 0. The maximum atomic E-state index is 11.9. The topological polar surface area (TPSA) is 74.8 Å². The van der Waals surface area contributed by atoms with Crippen LogP contribution in [0.25, 0.3) is 0 Å². The zero-order valence-corrected chi connectivity index (χ0v) is 10.0. The first-order valence-electron chi connectivity index (χ1n) is 4.75. The number of nitrogens with zero attached hydrogens (tertiary/aromatic N) is 5. The molecule has 0 atom stereocenters. The quantitative estimate of drug-likeness (QED) is 0.726. The van der Waals surface area contributed by atoms with Crippen LogP contribution in [0.15, 0.2) is 17.4 Å². The van der Waals surface area contributed by atoms with E-state index in [1.54, 1.807) is 11.7 Å². The molecule has 2 rings (SSSR count). The fraction of sp³-hybridized carbons (Fsp3) is 0.333. The van der Waals surface area contributed by atoms with Gasteiger partial charge in [-0.05, 0) is 0 Å². The lowest BCUT2D eigenvalue weighted by Crippen LogP contribution is -2.24. The van der Waals surface area contributed by atoms with Crippen LogP contribution in [0.5, 0.6) is 5.75 Å². The summed E-state index contributed by atoms with van der Waals surface area (Å²) in [5, 5.41) is 3.96. The van der Waals surface area contributed by atoms with Gasteiger partial charge in [0.15, 0.2) is 5.15 Å². The van der Waals surface area contributed by atoms with E-state index in [0.717, 1.165) is 0 Å². The molecule has 2 heterocycles. The SMILES string of the molecule is COc1c(Cl)ncn(Cc2ncnn2C)c1=O. The number of aryl methyl sites for hydroxylation is 1. The Balaban J connectivity index is 2.41. The molecule has 0 aromatic carbocycles. The van der Waals surface area contributed by atoms with Gasteiger partial charge in [0.1, 0.15) is 12.2 Å². The molecule has 90 valence electrons. The molecule has 0 radical (unpaired) electrons. The molecule has 0 saturated heterocycles. The van der Waals surface area contributed by atoms with Gasteiger partial charge in [-0.25, -0.2) is 9.97 Å². The Labute approximate surface area is 102 Å². The van der Waals surface area contributed by atoms with Crippen molar-refractivity contribution in [3.8, 4) is 5.75 Å². The summed E-state index contributed by atoms with van der Waals surface area (Å²) >= 11 is 5.73. The normalized spacial score (nSPS) is 10.5. The molecule has 0 unspecified atom stereocenters. The average molecular weight is 256 g/mol. The molecule has 0 amide bonds. The number of halogens is 1. The Morgan fingerprint density at radius 2 is 2.24 bits per heavy atom. The highest BCUT2D eigenvalue weighted by molar-refractivity contribution is 6.30. The summed E-state index contributed by atoms with van der Waals surface area (Å²) in [4.78, 5) is 19.8. The first-order valence-corrected chi connectivity index (χ1v) is 5.13. The van der Waals surface area contributed by atoms with E-state index < -0.39 is 0 Å². The molecule has 8 heteroatoms. The van der Waals surface area contributed by atoms with Crippen molar-refractivity contribution >= 4 is 11.6 Å². The summed E-state index contributed by atoms with van der Waals surface area (Å²) in [6.45, 7) is 0.260. The van der Waals surface area contributed by atoms with Crippen molar-refractivity contribution in [1.29, 1.82) is 0 Å². The van der Waals surface area contributed by atoms with Crippen molar-refractivity contribution in [1.82, 2.24) is 24.3 Å². The third-order valence-corrected chi connectivity index (χ3v) is 2.54. The molecular formula is C9H10ClN5O2. The van der Waals surface area contributed by atoms with Crippen LogP contribution in [0.1, 0.15) is 5.82 Å². The molecule has 7 nitrogen and oxygen atoms in total. The molecule has 2 aromatic heterocycles. The van der Waals surface area contributed by atoms with Crippen molar-refractivity contribution in [3.05, 3.63) is 34.0 Å². The minimum absolute atomic E-state index is 0.0244. The van der Waals surface area contributed by atoms with E-state index in [4.69, 9.17) is 16.3 Å². The van der Waals surface area contributed by atoms with Gasteiger partial charge in [0.05, 0.1) is 20.0 Å². The lowest BCUT2D eigenvalue weighted by atomic mass is 10.5. The van der Waals surface area contributed by atoms with Crippen molar-refractivity contribution in [2.75, 3.05) is 7.11 Å². The molecule has 0 bridgehead atoms. The monoisotopic (exact) mass is 255 g/mol. The first-order chi connectivity index (χ1) is 8.13. The van der Waals surface area contributed by atoms with E-state index in [-0.39, 0.29) is 23.0 Å². The molecule has 0 aliphatic rings. The Hall–Kier alpha value is -1.89. The van der Waals surface area contributed by atoms with Gasteiger partial charge >= 0.3 is 0 Å². The molecule has 0 aliphatic carbocycles. The molecule has 0 saturated carbocycles. The molecule has 17 heavy (non-hydrogen) atoms. The zero-order chi connectivity index (χ0) is 12.4. The van der Waals surface area contributed by atoms with E-state index in [2.05, 4.69) is 15.1 Å². The first kappa shape index (κ1) is 11.6. The van der Waals surface area contributed by atoms with Crippen molar-refractivity contribution in [2.24, 2.45) is 7.05 Å². The van der Waals surface area contributed by atoms with E-state index in [1.807, 2.05) is 0 Å². The van der Waals surface area contributed by atoms with Crippen LogP contribution in [0, 0.1) is 0 Å². The third kappa shape index (κ3) is 2.14. The van der Waals surface area contributed by atoms with Crippen LogP contribution in [0.4, 0.5) is 0 Å². The second-order valence-corrected chi connectivity index (χ2v) is 3.66. The number of methoxy groups -OCH3 is 1. The minimum Gasteiger partial charge on any atom is -0.489 e. The summed E-state index contributed by atoms with van der Waals surface area (Å²) in [6, 6.07) is 0. The zero-order valence-electron chi connectivity index (χ0n) is 9.29. The van der Waals surface area contributed by atoms with Gasteiger partial charge in [-0.3, -0.25) is 14.0 Å². The smallest absolute Gasteiger partial charge is 0.297 e. The van der Waals surface area contributed by atoms with E-state index in [9.17, 15) is 4.79 Å². The predicted octanol–water partition coefficient (Wildman–Crippen LogP) is 0.0821. The van der Waals surface area contributed by atoms with Crippen LogP contribution in [-0.2, 0) is 13.6 Å². The van der Waals surface area contributed by atoms with Gasteiger partial charge in [-0.2, -0.15) is 5.10 Å².